The molecule has 0 bridgehead atoms. The molecule has 0 saturated heterocycles. The van der Waals surface area contributed by atoms with Crippen LogP contribution in [0, 0.1) is 28.6 Å². The van der Waals surface area contributed by atoms with E-state index in [-0.39, 0.29) is 24.9 Å². The average Bonchev–Trinajstić information content (AvgIpc) is 2.03. The van der Waals surface area contributed by atoms with E-state index in [2.05, 4.69) is 0 Å². The van der Waals surface area contributed by atoms with Crippen LogP contribution in [0.5, 0.6) is 0 Å². The minimum atomic E-state index is -0.160. The molecule has 0 aliphatic rings. The van der Waals surface area contributed by atoms with Gasteiger partial charge in [0, 0.05) is 5.92 Å². The number of nitrogens with zero attached hydrogens (tertiary/aromatic N) is 3. The molecule has 0 heterocycles. The molecule has 0 rings (SSSR count). The minimum absolute atomic E-state index is 0.00935. The van der Waals surface area contributed by atoms with Gasteiger partial charge in [-0.1, -0.05) is 13.8 Å². The first kappa shape index (κ1) is 10.4. The fourth-order valence-corrected chi connectivity index (χ4v) is 0.748. The summed E-state index contributed by atoms with van der Waals surface area (Å²) >= 11 is 0. The summed E-state index contributed by atoms with van der Waals surface area (Å²) in [5, 5.41) is 16.7. The summed E-state index contributed by atoms with van der Waals surface area (Å²) in [7, 11) is 0. The molecule has 64 valence electrons. The number of nitriles is 2. The molecule has 0 aromatic rings. The van der Waals surface area contributed by atoms with Crippen LogP contribution in [0.25, 0.3) is 0 Å². The van der Waals surface area contributed by atoms with Crippen LogP contribution < -0.4 is 0 Å². The highest BCUT2D eigenvalue weighted by Gasteiger charge is 2.15. The fourth-order valence-electron chi connectivity index (χ4n) is 0.748. The summed E-state index contributed by atoms with van der Waals surface area (Å²) in [6.07, 6.45) is 0. The Labute approximate surface area is 72.0 Å². The van der Waals surface area contributed by atoms with Crippen LogP contribution in [-0.4, -0.2) is 23.9 Å². The molecule has 1 amide bonds. The second-order valence-corrected chi connectivity index (χ2v) is 2.67. The van der Waals surface area contributed by atoms with E-state index in [4.69, 9.17) is 10.5 Å². The van der Waals surface area contributed by atoms with E-state index < -0.39 is 0 Å². The SMILES string of the molecule is CC(C)C(=O)N(CC#N)CC#N. The highest BCUT2D eigenvalue weighted by atomic mass is 16.2. The van der Waals surface area contributed by atoms with Gasteiger partial charge < -0.3 is 4.90 Å². The Balaban J connectivity index is 4.23. The van der Waals surface area contributed by atoms with Gasteiger partial charge in [-0.3, -0.25) is 4.79 Å². The van der Waals surface area contributed by atoms with E-state index in [1.54, 1.807) is 13.8 Å². The van der Waals surface area contributed by atoms with Crippen molar-refractivity contribution in [2.45, 2.75) is 13.8 Å². The normalized spacial score (nSPS) is 8.75. The van der Waals surface area contributed by atoms with Crippen molar-refractivity contribution >= 4 is 5.91 Å². The molecular weight excluding hydrogens is 154 g/mol. The summed E-state index contributed by atoms with van der Waals surface area (Å²) in [4.78, 5) is 12.5. The van der Waals surface area contributed by atoms with E-state index >= 15 is 0 Å². The molecule has 12 heavy (non-hydrogen) atoms. The summed E-state index contributed by atoms with van der Waals surface area (Å²) in [6.45, 7) is 3.46. The zero-order valence-electron chi connectivity index (χ0n) is 7.24. The van der Waals surface area contributed by atoms with E-state index in [0.717, 1.165) is 0 Å². The predicted molar refractivity (Wildman–Crippen MR) is 42.6 cm³/mol. The molecule has 4 nitrogen and oxygen atoms in total. The molecule has 0 unspecified atom stereocenters. The molecule has 0 spiro atoms. The van der Waals surface area contributed by atoms with Crippen LogP contribution in [0.1, 0.15) is 13.8 Å². The fraction of sp³-hybridized carbons (Fsp3) is 0.625. The Morgan fingerprint density at radius 1 is 1.33 bits per heavy atom. The summed E-state index contributed by atoms with van der Waals surface area (Å²) < 4.78 is 0. The van der Waals surface area contributed by atoms with Crippen molar-refractivity contribution in [1.82, 2.24) is 4.90 Å². The van der Waals surface area contributed by atoms with Gasteiger partial charge in [-0.05, 0) is 0 Å². The second-order valence-electron chi connectivity index (χ2n) is 2.67. The molecule has 0 N–H and O–H groups in total. The average molecular weight is 165 g/mol. The van der Waals surface area contributed by atoms with Crippen molar-refractivity contribution in [3.63, 3.8) is 0 Å². The topological polar surface area (TPSA) is 67.9 Å². The third-order valence-electron chi connectivity index (χ3n) is 1.33. The number of rotatable bonds is 3. The van der Waals surface area contributed by atoms with Crippen LogP contribution in [0.15, 0.2) is 0 Å². The summed E-state index contributed by atoms with van der Waals surface area (Å²) in [5.74, 6) is -0.315. The minimum Gasteiger partial charge on any atom is -0.316 e. The smallest absolute Gasteiger partial charge is 0.226 e. The zero-order chi connectivity index (χ0) is 9.56. The molecule has 0 saturated carbocycles. The molecule has 0 aromatic carbocycles. The number of amides is 1. The largest absolute Gasteiger partial charge is 0.316 e. The summed E-state index contributed by atoms with van der Waals surface area (Å²) in [6, 6.07) is 3.68. The highest BCUT2D eigenvalue weighted by molar-refractivity contribution is 5.78. The molecule has 4 heteroatoms. The van der Waals surface area contributed by atoms with Gasteiger partial charge in [0.1, 0.15) is 13.1 Å². The number of carbonyl (C=O) groups excluding carboxylic acids is 1. The number of hydrogen-bond donors (Lipinski definition) is 0. The number of hydrogen-bond acceptors (Lipinski definition) is 3. The van der Waals surface area contributed by atoms with Gasteiger partial charge in [0.15, 0.2) is 0 Å². The maximum atomic E-state index is 11.2. The standard InChI is InChI=1S/C8H11N3O/c1-7(2)8(12)11(5-3-9)6-4-10/h7H,5-6H2,1-2H3. The molecule has 0 fully saturated rings. The highest BCUT2D eigenvalue weighted by Crippen LogP contribution is 1.99. The zero-order valence-corrected chi connectivity index (χ0v) is 7.24. The van der Waals surface area contributed by atoms with Crippen molar-refractivity contribution in [2.24, 2.45) is 5.92 Å². The Morgan fingerprint density at radius 3 is 2.00 bits per heavy atom. The molecule has 0 radical (unpaired) electrons. The Kier molecular flexibility index (Phi) is 4.48. The van der Waals surface area contributed by atoms with E-state index in [1.807, 2.05) is 12.1 Å². The number of carbonyl (C=O) groups is 1. The lowest BCUT2D eigenvalue weighted by Gasteiger charge is -2.17. The third-order valence-corrected chi connectivity index (χ3v) is 1.33. The predicted octanol–water partition coefficient (Wildman–Crippen LogP) is 0.518. The lowest BCUT2D eigenvalue weighted by molar-refractivity contribution is -0.133. The second kappa shape index (κ2) is 5.15. The molecule has 0 atom stereocenters. The first-order valence-corrected chi connectivity index (χ1v) is 3.66. The quantitative estimate of drug-likeness (QED) is 0.572. The van der Waals surface area contributed by atoms with Gasteiger partial charge in [-0.2, -0.15) is 10.5 Å². The maximum absolute atomic E-state index is 11.2. The van der Waals surface area contributed by atoms with Crippen molar-refractivity contribution in [3.05, 3.63) is 0 Å². The van der Waals surface area contributed by atoms with Crippen molar-refractivity contribution < 1.29 is 4.79 Å². The Hall–Kier alpha value is -1.55. The molecule has 0 aliphatic heterocycles. The molecule has 0 aliphatic carbocycles. The van der Waals surface area contributed by atoms with E-state index in [9.17, 15) is 4.79 Å². The Morgan fingerprint density at radius 2 is 1.75 bits per heavy atom. The van der Waals surface area contributed by atoms with Gasteiger partial charge >= 0.3 is 0 Å². The lowest BCUT2D eigenvalue weighted by Crippen LogP contribution is -2.34. The van der Waals surface area contributed by atoms with Crippen LogP contribution in [0.2, 0.25) is 0 Å². The van der Waals surface area contributed by atoms with Gasteiger partial charge in [0.2, 0.25) is 5.91 Å². The van der Waals surface area contributed by atoms with Crippen molar-refractivity contribution in [3.8, 4) is 12.1 Å². The third kappa shape index (κ3) is 3.03. The van der Waals surface area contributed by atoms with Crippen molar-refractivity contribution in [2.75, 3.05) is 13.1 Å². The van der Waals surface area contributed by atoms with Crippen LogP contribution >= 0.6 is 0 Å². The summed E-state index contributed by atoms with van der Waals surface area (Å²) in [5.41, 5.74) is 0. The van der Waals surface area contributed by atoms with Gasteiger partial charge in [0.25, 0.3) is 0 Å². The van der Waals surface area contributed by atoms with Gasteiger partial charge in [-0.15, -0.1) is 0 Å². The van der Waals surface area contributed by atoms with Gasteiger partial charge in [0.05, 0.1) is 12.1 Å². The molecule has 0 aromatic heterocycles. The lowest BCUT2D eigenvalue weighted by atomic mass is 10.2. The van der Waals surface area contributed by atoms with E-state index in [1.165, 1.54) is 4.90 Å². The first-order chi connectivity index (χ1) is 5.63. The van der Waals surface area contributed by atoms with Crippen LogP contribution in [0.3, 0.4) is 0 Å². The van der Waals surface area contributed by atoms with Crippen molar-refractivity contribution in [1.29, 1.82) is 10.5 Å². The van der Waals surface area contributed by atoms with Gasteiger partial charge in [-0.25, -0.2) is 0 Å². The first-order valence-electron chi connectivity index (χ1n) is 3.66. The Bertz CT molecular complexity index is 218. The van der Waals surface area contributed by atoms with Crippen LogP contribution in [-0.2, 0) is 4.79 Å². The monoisotopic (exact) mass is 165 g/mol. The van der Waals surface area contributed by atoms with Crippen LogP contribution in [0.4, 0.5) is 0 Å². The maximum Gasteiger partial charge on any atom is 0.226 e. The molecular formula is C8H11N3O. The van der Waals surface area contributed by atoms with E-state index in [0.29, 0.717) is 0 Å².